The van der Waals surface area contributed by atoms with E-state index in [0.29, 0.717) is 13.1 Å². The van der Waals surface area contributed by atoms with Crippen molar-refractivity contribution in [1.82, 2.24) is 5.32 Å². The number of carbonyl (C=O) groups excluding carboxylic acids is 1. The zero-order valence-electron chi connectivity index (χ0n) is 7.53. The van der Waals surface area contributed by atoms with E-state index in [2.05, 4.69) is 5.32 Å². The third-order valence-electron chi connectivity index (χ3n) is 1.68. The van der Waals surface area contributed by atoms with E-state index in [0.717, 1.165) is 0 Å². The molecule has 14 heavy (non-hydrogen) atoms. The van der Waals surface area contributed by atoms with Crippen LogP contribution in [0.15, 0.2) is 18.2 Å². The molecule has 0 saturated carbocycles. The molecule has 0 aliphatic carbocycles. The average molecular weight is 196 g/mol. The second kappa shape index (κ2) is 4.48. The summed E-state index contributed by atoms with van der Waals surface area (Å²) in [6, 6.07) is 4.11. The van der Waals surface area contributed by atoms with Crippen LogP contribution in [0.25, 0.3) is 0 Å². The lowest BCUT2D eigenvalue weighted by atomic mass is 10.1. The number of amides is 1. The van der Waals surface area contributed by atoms with Gasteiger partial charge >= 0.3 is 0 Å². The Kier molecular flexibility index (Phi) is 3.30. The molecule has 0 bridgehead atoms. The van der Waals surface area contributed by atoms with Gasteiger partial charge in [0.05, 0.1) is 0 Å². The van der Waals surface area contributed by atoms with Gasteiger partial charge in [0.1, 0.15) is 17.1 Å². The first-order valence-corrected chi connectivity index (χ1v) is 4.16. The Hall–Kier alpha value is -1.75. The molecule has 0 heterocycles. The maximum atomic E-state index is 11.4. The maximum absolute atomic E-state index is 11.4. The van der Waals surface area contributed by atoms with Gasteiger partial charge in [0.2, 0.25) is 0 Å². The minimum Gasteiger partial charge on any atom is -0.507 e. The Morgan fingerprint density at radius 3 is 2.43 bits per heavy atom. The highest BCUT2D eigenvalue weighted by Crippen LogP contribution is 2.25. The minimum atomic E-state index is -0.536. The molecule has 5 N–H and O–H groups in total. The highest BCUT2D eigenvalue weighted by molar-refractivity contribution is 5.99. The second-order valence-electron chi connectivity index (χ2n) is 2.72. The normalized spacial score (nSPS) is 9.79. The van der Waals surface area contributed by atoms with Gasteiger partial charge in [0, 0.05) is 13.1 Å². The summed E-state index contributed by atoms with van der Waals surface area (Å²) < 4.78 is 0. The van der Waals surface area contributed by atoms with Crippen molar-refractivity contribution in [3.63, 3.8) is 0 Å². The zero-order valence-corrected chi connectivity index (χ0v) is 7.53. The fourth-order valence-electron chi connectivity index (χ4n) is 1.04. The number of nitrogens with one attached hydrogen (secondary N) is 1. The number of hydrogen-bond donors (Lipinski definition) is 4. The molecule has 0 fully saturated rings. The molecule has 1 rings (SSSR count). The molecule has 1 aromatic rings. The quantitative estimate of drug-likeness (QED) is 0.537. The summed E-state index contributed by atoms with van der Waals surface area (Å²) >= 11 is 0. The largest absolute Gasteiger partial charge is 0.507 e. The summed E-state index contributed by atoms with van der Waals surface area (Å²) in [4.78, 5) is 11.4. The van der Waals surface area contributed by atoms with Gasteiger partial charge in [-0.15, -0.1) is 0 Å². The van der Waals surface area contributed by atoms with E-state index in [4.69, 9.17) is 5.73 Å². The lowest BCUT2D eigenvalue weighted by Gasteiger charge is -2.06. The first-order chi connectivity index (χ1) is 6.66. The van der Waals surface area contributed by atoms with Crippen LogP contribution in [-0.2, 0) is 0 Å². The molecule has 0 aromatic heterocycles. The van der Waals surface area contributed by atoms with E-state index in [1.165, 1.54) is 18.2 Å². The summed E-state index contributed by atoms with van der Waals surface area (Å²) in [5, 5.41) is 21.1. The van der Waals surface area contributed by atoms with E-state index in [-0.39, 0.29) is 17.1 Å². The van der Waals surface area contributed by atoms with Crippen LogP contribution in [0, 0.1) is 0 Å². The molecule has 0 aliphatic rings. The number of hydrogen-bond acceptors (Lipinski definition) is 4. The molecule has 1 amide bonds. The van der Waals surface area contributed by atoms with Gasteiger partial charge in [0.25, 0.3) is 5.91 Å². The first kappa shape index (κ1) is 10.3. The number of phenolic OH excluding ortho intramolecular Hbond substituents is 2. The fourth-order valence-corrected chi connectivity index (χ4v) is 1.04. The van der Waals surface area contributed by atoms with Crippen molar-refractivity contribution in [3.05, 3.63) is 23.8 Å². The Morgan fingerprint density at radius 1 is 1.36 bits per heavy atom. The van der Waals surface area contributed by atoms with Crippen molar-refractivity contribution in [1.29, 1.82) is 0 Å². The monoisotopic (exact) mass is 196 g/mol. The highest BCUT2D eigenvalue weighted by Gasteiger charge is 2.14. The molecule has 0 unspecified atom stereocenters. The summed E-state index contributed by atoms with van der Waals surface area (Å²) in [5.41, 5.74) is 5.07. The third-order valence-corrected chi connectivity index (χ3v) is 1.68. The maximum Gasteiger partial charge on any atom is 0.258 e. The van der Waals surface area contributed by atoms with Gasteiger partial charge in [-0.3, -0.25) is 4.79 Å². The van der Waals surface area contributed by atoms with Crippen LogP contribution >= 0.6 is 0 Å². The molecule has 0 saturated heterocycles. The van der Waals surface area contributed by atoms with Crippen molar-refractivity contribution in [3.8, 4) is 11.5 Å². The molecule has 0 aliphatic heterocycles. The van der Waals surface area contributed by atoms with E-state index >= 15 is 0 Å². The van der Waals surface area contributed by atoms with Gasteiger partial charge in [-0.25, -0.2) is 0 Å². The molecular weight excluding hydrogens is 184 g/mol. The number of benzene rings is 1. The summed E-state index contributed by atoms with van der Waals surface area (Å²) in [7, 11) is 0. The van der Waals surface area contributed by atoms with Gasteiger partial charge in [-0.2, -0.15) is 0 Å². The Bertz CT molecular complexity index is 319. The highest BCUT2D eigenvalue weighted by atomic mass is 16.3. The van der Waals surface area contributed by atoms with Crippen LogP contribution in [-0.4, -0.2) is 29.2 Å². The predicted molar refractivity (Wildman–Crippen MR) is 51.2 cm³/mol. The minimum absolute atomic E-state index is 0.124. The van der Waals surface area contributed by atoms with Crippen molar-refractivity contribution in [2.45, 2.75) is 0 Å². The lowest BCUT2D eigenvalue weighted by molar-refractivity contribution is 0.0949. The Balaban J connectivity index is 2.89. The van der Waals surface area contributed by atoms with Gasteiger partial charge in [-0.05, 0) is 12.1 Å². The van der Waals surface area contributed by atoms with Crippen LogP contribution in [0.4, 0.5) is 0 Å². The van der Waals surface area contributed by atoms with E-state index in [1.807, 2.05) is 0 Å². The van der Waals surface area contributed by atoms with E-state index in [1.54, 1.807) is 0 Å². The van der Waals surface area contributed by atoms with Gasteiger partial charge in [-0.1, -0.05) is 6.07 Å². The fraction of sp³-hybridized carbons (Fsp3) is 0.222. The van der Waals surface area contributed by atoms with E-state index in [9.17, 15) is 15.0 Å². The SMILES string of the molecule is NCCNC(=O)c1c(O)cccc1O. The summed E-state index contributed by atoms with van der Waals surface area (Å²) in [6.07, 6.45) is 0. The summed E-state index contributed by atoms with van der Waals surface area (Å²) in [5.74, 6) is -1.04. The van der Waals surface area contributed by atoms with Crippen LogP contribution in [0.1, 0.15) is 10.4 Å². The van der Waals surface area contributed by atoms with Crippen molar-refractivity contribution >= 4 is 5.91 Å². The molecule has 0 radical (unpaired) electrons. The number of nitrogens with two attached hydrogens (primary N) is 1. The number of carbonyl (C=O) groups is 1. The second-order valence-corrected chi connectivity index (χ2v) is 2.72. The average Bonchev–Trinajstić information content (AvgIpc) is 2.14. The number of aromatic hydroxyl groups is 2. The van der Waals surface area contributed by atoms with Crippen molar-refractivity contribution in [2.24, 2.45) is 5.73 Å². The molecule has 1 aromatic carbocycles. The van der Waals surface area contributed by atoms with Gasteiger partial charge in [0.15, 0.2) is 0 Å². The van der Waals surface area contributed by atoms with E-state index < -0.39 is 5.91 Å². The van der Waals surface area contributed by atoms with Crippen LogP contribution < -0.4 is 11.1 Å². The summed E-state index contributed by atoms with van der Waals surface area (Å²) in [6.45, 7) is 0.604. The molecule has 0 spiro atoms. The topological polar surface area (TPSA) is 95.6 Å². The van der Waals surface area contributed by atoms with Crippen molar-refractivity contribution < 1.29 is 15.0 Å². The zero-order chi connectivity index (χ0) is 10.6. The number of rotatable bonds is 3. The standard InChI is InChI=1S/C9H12N2O3/c10-4-5-11-9(14)8-6(12)2-1-3-7(8)13/h1-3,12-13H,4-5,10H2,(H,11,14). The van der Waals surface area contributed by atoms with Gasteiger partial charge < -0.3 is 21.3 Å². The van der Waals surface area contributed by atoms with Crippen molar-refractivity contribution in [2.75, 3.05) is 13.1 Å². The Morgan fingerprint density at radius 2 is 1.93 bits per heavy atom. The van der Waals surface area contributed by atoms with Crippen LogP contribution in [0.2, 0.25) is 0 Å². The smallest absolute Gasteiger partial charge is 0.258 e. The third kappa shape index (κ3) is 2.14. The molecular formula is C9H12N2O3. The molecule has 76 valence electrons. The molecule has 5 heteroatoms. The lowest BCUT2D eigenvalue weighted by Crippen LogP contribution is -2.29. The van der Waals surface area contributed by atoms with Crippen LogP contribution in [0.3, 0.4) is 0 Å². The Labute approximate surface area is 81.2 Å². The predicted octanol–water partition coefficient (Wildman–Crippen LogP) is -0.214. The number of phenols is 2. The molecule has 5 nitrogen and oxygen atoms in total. The first-order valence-electron chi connectivity index (χ1n) is 4.16. The molecule has 0 atom stereocenters. The van der Waals surface area contributed by atoms with Crippen LogP contribution in [0.5, 0.6) is 11.5 Å².